The highest BCUT2D eigenvalue weighted by atomic mass is 32.2. The lowest BCUT2D eigenvalue weighted by atomic mass is 10.2. The van der Waals surface area contributed by atoms with Gasteiger partial charge in [0.2, 0.25) is 5.95 Å². The maximum Gasteiger partial charge on any atom is 0.420 e. The summed E-state index contributed by atoms with van der Waals surface area (Å²) in [4.78, 5) is 20.7. The van der Waals surface area contributed by atoms with Crippen LogP contribution in [0.1, 0.15) is 54.2 Å². The molecule has 1 spiro atoms. The zero-order valence-electron chi connectivity index (χ0n) is 23.1. The van der Waals surface area contributed by atoms with E-state index in [0.717, 1.165) is 104 Å². The van der Waals surface area contributed by atoms with E-state index in [0.29, 0.717) is 17.4 Å². The van der Waals surface area contributed by atoms with Crippen LogP contribution in [0.5, 0.6) is 0 Å². The molecule has 1 saturated heterocycles. The van der Waals surface area contributed by atoms with Crippen molar-refractivity contribution >= 4 is 40.6 Å². The second-order valence-electron chi connectivity index (χ2n) is 11.4. The Morgan fingerprint density at radius 3 is 2.64 bits per heavy atom. The number of aromatic nitrogens is 3. The first kappa shape index (κ1) is 28.3. The minimum Gasteiger partial charge on any atom is -0.396 e. The van der Waals surface area contributed by atoms with Crippen LogP contribution in [0.4, 0.5) is 30.6 Å². The number of anilines is 3. The molecular formula is C29H33F3N6O2S2. The molecule has 2 saturated carbocycles. The summed E-state index contributed by atoms with van der Waals surface area (Å²) in [6.45, 7) is 5.29. The van der Waals surface area contributed by atoms with Crippen molar-refractivity contribution in [3.63, 3.8) is 0 Å². The SMILES string of the molecule is OCCCN1CCN(c2ccc(Nc3ncc(C(F)(F)F)c(-c4cc5c(s4)C4(CC4)OCCS5)n3)c(C3CC3)n2)CC1. The van der Waals surface area contributed by atoms with Crippen LogP contribution in [0.2, 0.25) is 0 Å². The molecule has 0 atom stereocenters. The highest BCUT2D eigenvalue weighted by Crippen LogP contribution is 2.57. The molecule has 7 rings (SSSR count). The van der Waals surface area contributed by atoms with E-state index in [9.17, 15) is 13.2 Å². The summed E-state index contributed by atoms with van der Waals surface area (Å²) in [6, 6.07) is 5.76. The van der Waals surface area contributed by atoms with Gasteiger partial charge < -0.3 is 20.1 Å². The first-order valence-corrected chi connectivity index (χ1v) is 16.3. The van der Waals surface area contributed by atoms with Crippen molar-refractivity contribution in [2.45, 2.75) is 54.7 Å². The summed E-state index contributed by atoms with van der Waals surface area (Å²) < 4.78 is 48.5. The Labute approximate surface area is 250 Å². The monoisotopic (exact) mass is 618 g/mol. The molecule has 3 fully saturated rings. The number of aliphatic hydroxyl groups excluding tert-OH is 1. The standard InChI is InChI=1S/C29H33F3N6O2S2/c30-29(31,32)19-17-33-27(36-25(19)21-16-22-26(42-21)28(6-7-28)40-14-15-41-22)34-20-4-5-23(35-24(20)18-2-3-18)38-11-9-37(10-12-38)8-1-13-39/h4-5,16-18,39H,1-3,6-15H2,(H,33,34,36). The highest BCUT2D eigenvalue weighted by molar-refractivity contribution is 7.99. The normalized spacial score (nSPS) is 20.4. The van der Waals surface area contributed by atoms with E-state index in [1.807, 2.05) is 18.2 Å². The number of aliphatic hydroxyl groups is 1. The van der Waals surface area contributed by atoms with Gasteiger partial charge in [-0.1, -0.05) is 0 Å². The molecule has 3 aromatic heterocycles. The first-order valence-electron chi connectivity index (χ1n) is 14.5. The average Bonchev–Trinajstić information content (AvgIpc) is 3.93. The molecule has 0 bridgehead atoms. The number of pyridine rings is 1. The Bertz CT molecular complexity index is 1450. The number of rotatable bonds is 8. The van der Waals surface area contributed by atoms with Crippen molar-refractivity contribution in [1.82, 2.24) is 19.9 Å². The van der Waals surface area contributed by atoms with Crippen molar-refractivity contribution in [3.8, 4) is 10.6 Å². The summed E-state index contributed by atoms with van der Waals surface area (Å²) in [5.74, 6) is 2.12. The smallest absolute Gasteiger partial charge is 0.396 e. The lowest BCUT2D eigenvalue weighted by Gasteiger charge is -2.35. The molecule has 42 heavy (non-hydrogen) atoms. The van der Waals surface area contributed by atoms with Crippen molar-refractivity contribution < 1.29 is 23.0 Å². The van der Waals surface area contributed by atoms with Crippen LogP contribution in [0, 0.1) is 0 Å². The van der Waals surface area contributed by atoms with Crippen LogP contribution in [0.15, 0.2) is 29.3 Å². The number of alkyl halides is 3. The molecule has 0 radical (unpaired) electrons. The van der Waals surface area contributed by atoms with Gasteiger partial charge in [0, 0.05) is 62.1 Å². The van der Waals surface area contributed by atoms with Gasteiger partial charge in [0.1, 0.15) is 17.0 Å². The molecule has 5 heterocycles. The van der Waals surface area contributed by atoms with Crippen LogP contribution < -0.4 is 10.2 Å². The van der Waals surface area contributed by atoms with Gasteiger partial charge in [-0.05, 0) is 50.3 Å². The molecule has 0 aromatic carbocycles. The number of thioether (sulfide) groups is 1. The lowest BCUT2D eigenvalue weighted by Crippen LogP contribution is -2.47. The van der Waals surface area contributed by atoms with Crippen molar-refractivity contribution in [2.75, 3.05) is 61.9 Å². The summed E-state index contributed by atoms with van der Waals surface area (Å²) in [5, 5.41) is 12.3. The topological polar surface area (TPSA) is 86.6 Å². The zero-order valence-corrected chi connectivity index (χ0v) is 24.8. The van der Waals surface area contributed by atoms with Crippen molar-refractivity contribution in [2.24, 2.45) is 0 Å². The van der Waals surface area contributed by atoms with E-state index >= 15 is 0 Å². The van der Waals surface area contributed by atoms with E-state index in [4.69, 9.17) is 14.8 Å². The molecule has 8 nitrogen and oxygen atoms in total. The van der Waals surface area contributed by atoms with Crippen LogP contribution >= 0.6 is 23.1 Å². The molecule has 2 aliphatic heterocycles. The number of ether oxygens (including phenoxy) is 1. The Kier molecular flexibility index (Phi) is 7.58. The van der Waals surface area contributed by atoms with E-state index in [-0.39, 0.29) is 23.9 Å². The molecule has 2 N–H and O–H groups in total. The van der Waals surface area contributed by atoms with Crippen LogP contribution in [0.25, 0.3) is 10.6 Å². The zero-order chi connectivity index (χ0) is 28.9. The minimum absolute atomic E-state index is 0.105. The number of fused-ring (bicyclic) bond motifs is 2. The number of hydrogen-bond donors (Lipinski definition) is 2. The number of halogens is 3. The molecule has 4 aliphatic rings. The third-order valence-electron chi connectivity index (χ3n) is 8.31. The molecular weight excluding hydrogens is 585 g/mol. The number of nitrogens with one attached hydrogen (secondary N) is 1. The van der Waals surface area contributed by atoms with Gasteiger partial charge in [-0.2, -0.15) is 13.2 Å². The van der Waals surface area contributed by atoms with E-state index < -0.39 is 11.7 Å². The van der Waals surface area contributed by atoms with Gasteiger partial charge in [0.15, 0.2) is 0 Å². The Morgan fingerprint density at radius 1 is 1.12 bits per heavy atom. The fraction of sp³-hybridized carbons (Fsp3) is 0.552. The largest absolute Gasteiger partial charge is 0.420 e. The predicted octanol–water partition coefficient (Wildman–Crippen LogP) is 5.86. The molecule has 3 aromatic rings. The van der Waals surface area contributed by atoms with Crippen LogP contribution in [0.3, 0.4) is 0 Å². The highest BCUT2D eigenvalue weighted by Gasteiger charge is 2.50. The molecule has 224 valence electrons. The fourth-order valence-corrected chi connectivity index (χ4v) is 8.26. The third kappa shape index (κ3) is 5.73. The summed E-state index contributed by atoms with van der Waals surface area (Å²) >= 11 is 3.00. The van der Waals surface area contributed by atoms with Gasteiger partial charge in [0.05, 0.1) is 33.4 Å². The molecule has 0 unspecified atom stereocenters. The summed E-state index contributed by atoms with van der Waals surface area (Å²) in [7, 11) is 0. The second-order valence-corrected chi connectivity index (χ2v) is 13.5. The third-order valence-corrected chi connectivity index (χ3v) is 10.8. The summed E-state index contributed by atoms with van der Waals surface area (Å²) in [6.07, 6.45) is 0.941. The molecule has 13 heteroatoms. The van der Waals surface area contributed by atoms with Gasteiger partial charge in [-0.25, -0.2) is 15.0 Å². The minimum atomic E-state index is -4.58. The van der Waals surface area contributed by atoms with Gasteiger partial charge >= 0.3 is 6.18 Å². The van der Waals surface area contributed by atoms with E-state index in [1.54, 1.807) is 11.8 Å². The summed E-state index contributed by atoms with van der Waals surface area (Å²) in [5.41, 5.74) is 0.358. The maximum absolute atomic E-state index is 14.1. The Hall–Kier alpha value is -2.45. The molecule has 2 aliphatic carbocycles. The van der Waals surface area contributed by atoms with Gasteiger partial charge in [-0.15, -0.1) is 23.1 Å². The average molecular weight is 619 g/mol. The van der Waals surface area contributed by atoms with Crippen molar-refractivity contribution in [3.05, 3.63) is 40.5 Å². The number of piperazine rings is 1. The quantitative estimate of drug-likeness (QED) is 0.323. The van der Waals surface area contributed by atoms with E-state index in [2.05, 4.69) is 25.1 Å². The van der Waals surface area contributed by atoms with Gasteiger partial charge in [-0.3, -0.25) is 4.90 Å². The van der Waals surface area contributed by atoms with Crippen molar-refractivity contribution in [1.29, 1.82) is 0 Å². The number of nitrogens with zero attached hydrogens (tertiary/aromatic N) is 5. The molecule has 0 amide bonds. The fourth-order valence-electron chi connectivity index (χ4n) is 5.72. The second kappa shape index (κ2) is 11.2. The van der Waals surface area contributed by atoms with Crippen LogP contribution in [-0.4, -0.2) is 76.6 Å². The van der Waals surface area contributed by atoms with E-state index in [1.165, 1.54) is 11.3 Å². The first-order chi connectivity index (χ1) is 20.3. The van der Waals surface area contributed by atoms with Gasteiger partial charge in [0.25, 0.3) is 0 Å². The number of thiophene rings is 1. The maximum atomic E-state index is 14.1. The number of hydrogen-bond acceptors (Lipinski definition) is 10. The predicted molar refractivity (Wildman–Crippen MR) is 158 cm³/mol. The van der Waals surface area contributed by atoms with Crippen LogP contribution in [-0.2, 0) is 16.5 Å². The lowest BCUT2D eigenvalue weighted by molar-refractivity contribution is -0.137. The Morgan fingerprint density at radius 2 is 1.93 bits per heavy atom. The Balaban J connectivity index is 1.16.